The van der Waals surface area contributed by atoms with Gasteiger partial charge in [0.15, 0.2) is 0 Å². The highest BCUT2D eigenvalue weighted by Gasteiger charge is 2.35. The molecule has 0 bridgehead atoms. The molecular formula is C15H16F3NO. The number of alkyl halides is 3. The molecule has 5 heteroatoms. The number of hydrogen-bond acceptors (Lipinski definition) is 2. The van der Waals surface area contributed by atoms with Crippen molar-refractivity contribution in [3.63, 3.8) is 0 Å². The third kappa shape index (κ3) is 3.04. The van der Waals surface area contributed by atoms with Gasteiger partial charge in [0, 0.05) is 0 Å². The Morgan fingerprint density at radius 1 is 1.15 bits per heavy atom. The van der Waals surface area contributed by atoms with Crippen LogP contribution < -0.4 is 5.32 Å². The molecule has 1 atom stereocenters. The van der Waals surface area contributed by atoms with E-state index in [0.29, 0.717) is 18.1 Å². The predicted molar refractivity (Wildman–Crippen MR) is 70.4 cm³/mol. The van der Waals surface area contributed by atoms with E-state index in [9.17, 15) is 13.2 Å². The summed E-state index contributed by atoms with van der Waals surface area (Å²) in [6.07, 6.45) is -4.38. The van der Waals surface area contributed by atoms with E-state index in [1.165, 1.54) is 12.1 Å². The Hall–Kier alpha value is -1.75. The summed E-state index contributed by atoms with van der Waals surface area (Å²) in [5, 5.41) is 3.05. The number of furan rings is 1. The average molecular weight is 283 g/mol. The van der Waals surface area contributed by atoms with E-state index in [1.54, 1.807) is 25.1 Å². The molecule has 0 saturated heterocycles. The second-order valence-corrected chi connectivity index (χ2v) is 4.52. The summed E-state index contributed by atoms with van der Waals surface area (Å²) in [6.45, 7) is 4.15. The molecule has 2 rings (SSSR count). The molecule has 0 radical (unpaired) electrons. The van der Waals surface area contributed by atoms with Crippen molar-refractivity contribution in [3.05, 3.63) is 59.0 Å². The van der Waals surface area contributed by atoms with Crippen LogP contribution in [0.3, 0.4) is 0 Å². The van der Waals surface area contributed by atoms with E-state index in [2.05, 4.69) is 5.32 Å². The Bertz CT molecular complexity index is 574. The topological polar surface area (TPSA) is 25.2 Å². The minimum absolute atomic E-state index is 0.177. The monoisotopic (exact) mass is 283 g/mol. The molecular weight excluding hydrogens is 267 g/mol. The number of aryl methyl sites for hydroxylation is 1. The average Bonchev–Trinajstić information content (AvgIpc) is 2.81. The van der Waals surface area contributed by atoms with Crippen LogP contribution in [0, 0.1) is 6.92 Å². The Morgan fingerprint density at radius 3 is 2.40 bits per heavy atom. The van der Waals surface area contributed by atoms with Gasteiger partial charge in [-0.25, -0.2) is 0 Å². The van der Waals surface area contributed by atoms with Crippen molar-refractivity contribution in [2.75, 3.05) is 6.54 Å². The third-order valence-electron chi connectivity index (χ3n) is 3.03. The third-order valence-corrected chi connectivity index (χ3v) is 3.03. The van der Waals surface area contributed by atoms with Crippen LogP contribution in [0.4, 0.5) is 13.2 Å². The molecule has 0 fully saturated rings. The van der Waals surface area contributed by atoms with Crippen LogP contribution >= 0.6 is 0 Å². The molecule has 2 nitrogen and oxygen atoms in total. The second kappa shape index (κ2) is 5.71. The first-order chi connectivity index (χ1) is 9.43. The summed E-state index contributed by atoms with van der Waals surface area (Å²) in [5.74, 6) is 1.16. The molecule has 108 valence electrons. The number of hydrogen-bond donors (Lipinski definition) is 1. The van der Waals surface area contributed by atoms with Crippen LogP contribution in [-0.4, -0.2) is 6.54 Å². The first kappa shape index (κ1) is 14.7. The van der Waals surface area contributed by atoms with Gasteiger partial charge in [-0.3, -0.25) is 0 Å². The first-order valence-corrected chi connectivity index (χ1v) is 6.39. The lowest BCUT2D eigenvalue weighted by atomic mass is 9.98. The molecule has 0 amide bonds. The molecule has 2 aromatic rings. The molecule has 1 unspecified atom stereocenters. The number of halogens is 3. The Labute approximate surface area is 115 Å². The molecule has 20 heavy (non-hydrogen) atoms. The minimum atomic E-state index is -4.38. The van der Waals surface area contributed by atoms with E-state index < -0.39 is 17.8 Å². The number of nitrogens with one attached hydrogen (secondary N) is 1. The van der Waals surface area contributed by atoms with Gasteiger partial charge in [-0.05, 0) is 37.2 Å². The van der Waals surface area contributed by atoms with Crippen molar-refractivity contribution < 1.29 is 17.6 Å². The molecule has 0 aliphatic rings. The lowest BCUT2D eigenvalue weighted by Crippen LogP contribution is -2.24. The van der Waals surface area contributed by atoms with Gasteiger partial charge in [0.25, 0.3) is 0 Å². The fraction of sp³-hybridized carbons (Fsp3) is 0.333. The van der Waals surface area contributed by atoms with E-state index in [1.807, 2.05) is 6.92 Å². The summed E-state index contributed by atoms with van der Waals surface area (Å²) < 4.78 is 44.8. The first-order valence-electron chi connectivity index (χ1n) is 6.39. The summed E-state index contributed by atoms with van der Waals surface area (Å²) in [4.78, 5) is 0. The maximum atomic E-state index is 13.1. The fourth-order valence-electron chi connectivity index (χ4n) is 2.18. The minimum Gasteiger partial charge on any atom is -0.464 e. The van der Waals surface area contributed by atoms with Gasteiger partial charge in [-0.1, -0.05) is 25.1 Å². The zero-order valence-electron chi connectivity index (χ0n) is 11.3. The van der Waals surface area contributed by atoms with Gasteiger partial charge >= 0.3 is 6.18 Å². The van der Waals surface area contributed by atoms with Crippen LogP contribution in [0.1, 0.15) is 35.6 Å². The highest BCUT2D eigenvalue weighted by atomic mass is 19.4. The lowest BCUT2D eigenvalue weighted by Gasteiger charge is -2.20. The van der Waals surface area contributed by atoms with Crippen LogP contribution in [0.5, 0.6) is 0 Å². The van der Waals surface area contributed by atoms with Crippen molar-refractivity contribution in [1.82, 2.24) is 5.32 Å². The van der Waals surface area contributed by atoms with Crippen molar-refractivity contribution in [2.45, 2.75) is 26.1 Å². The zero-order chi connectivity index (χ0) is 14.8. The standard InChI is InChI=1S/C15H16F3NO/c1-3-19-14(13-9-8-10(2)20-13)11-6-4-5-7-12(11)15(16,17)18/h4-9,14,19H,3H2,1-2H3. The van der Waals surface area contributed by atoms with Crippen molar-refractivity contribution in [3.8, 4) is 0 Å². The van der Waals surface area contributed by atoms with Crippen LogP contribution in [0.2, 0.25) is 0 Å². The van der Waals surface area contributed by atoms with Gasteiger partial charge in [0.2, 0.25) is 0 Å². The van der Waals surface area contributed by atoms with Gasteiger partial charge in [-0.2, -0.15) is 13.2 Å². The van der Waals surface area contributed by atoms with Gasteiger partial charge in [0.1, 0.15) is 11.5 Å². The highest BCUT2D eigenvalue weighted by molar-refractivity contribution is 5.36. The molecule has 0 spiro atoms. The molecule has 1 N–H and O–H groups in total. The van der Waals surface area contributed by atoms with Crippen LogP contribution in [0.15, 0.2) is 40.8 Å². The van der Waals surface area contributed by atoms with Crippen molar-refractivity contribution in [2.24, 2.45) is 0 Å². The lowest BCUT2D eigenvalue weighted by molar-refractivity contribution is -0.138. The maximum absolute atomic E-state index is 13.1. The molecule has 1 aromatic carbocycles. The molecule has 1 aromatic heterocycles. The SMILES string of the molecule is CCNC(c1ccc(C)o1)c1ccccc1C(F)(F)F. The second-order valence-electron chi connectivity index (χ2n) is 4.52. The van der Waals surface area contributed by atoms with E-state index in [4.69, 9.17) is 4.42 Å². The highest BCUT2D eigenvalue weighted by Crippen LogP contribution is 2.36. The van der Waals surface area contributed by atoms with E-state index >= 15 is 0 Å². The van der Waals surface area contributed by atoms with Crippen molar-refractivity contribution in [1.29, 1.82) is 0 Å². The van der Waals surface area contributed by atoms with Crippen LogP contribution in [-0.2, 0) is 6.18 Å². The number of rotatable bonds is 4. The molecule has 0 aliphatic heterocycles. The molecule has 0 saturated carbocycles. The van der Waals surface area contributed by atoms with Gasteiger partial charge in [-0.15, -0.1) is 0 Å². The summed E-state index contributed by atoms with van der Waals surface area (Å²) in [6, 6.07) is 8.41. The summed E-state index contributed by atoms with van der Waals surface area (Å²) in [5.41, 5.74) is -0.462. The van der Waals surface area contributed by atoms with Crippen LogP contribution in [0.25, 0.3) is 0 Å². The summed E-state index contributed by atoms with van der Waals surface area (Å²) in [7, 11) is 0. The van der Waals surface area contributed by atoms with Gasteiger partial charge in [0.05, 0.1) is 11.6 Å². The summed E-state index contributed by atoms with van der Waals surface area (Å²) >= 11 is 0. The van der Waals surface area contributed by atoms with Crippen molar-refractivity contribution >= 4 is 0 Å². The zero-order valence-corrected chi connectivity index (χ0v) is 11.3. The molecule has 0 aliphatic carbocycles. The normalized spacial score (nSPS) is 13.4. The molecule has 1 heterocycles. The Kier molecular flexibility index (Phi) is 4.18. The van der Waals surface area contributed by atoms with Gasteiger partial charge < -0.3 is 9.73 Å². The Balaban J connectivity index is 2.50. The number of benzene rings is 1. The largest absolute Gasteiger partial charge is 0.464 e. The predicted octanol–water partition coefficient (Wildman–Crippen LogP) is 4.31. The quantitative estimate of drug-likeness (QED) is 0.904. The maximum Gasteiger partial charge on any atom is 0.416 e. The fourth-order valence-corrected chi connectivity index (χ4v) is 2.18. The Morgan fingerprint density at radius 2 is 1.85 bits per heavy atom. The van der Waals surface area contributed by atoms with E-state index in [0.717, 1.165) is 6.07 Å². The van der Waals surface area contributed by atoms with E-state index in [-0.39, 0.29) is 5.56 Å². The smallest absolute Gasteiger partial charge is 0.416 e.